The number of aryl methyl sites for hydroxylation is 3. The van der Waals surface area contributed by atoms with Gasteiger partial charge in [0.15, 0.2) is 0 Å². The van der Waals surface area contributed by atoms with Crippen molar-refractivity contribution >= 4 is 10.8 Å². The molecule has 0 saturated heterocycles. The summed E-state index contributed by atoms with van der Waals surface area (Å²) in [6, 6.07) is 15.2. The van der Waals surface area contributed by atoms with Gasteiger partial charge in [0.1, 0.15) is 17.5 Å². The van der Waals surface area contributed by atoms with E-state index in [0.717, 1.165) is 52.7 Å². The first-order chi connectivity index (χ1) is 16.1. The van der Waals surface area contributed by atoms with Gasteiger partial charge in [0.25, 0.3) is 0 Å². The van der Waals surface area contributed by atoms with E-state index in [1.807, 2.05) is 36.7 Å². The van der Waals surface area contributed by atoms with Crippen LogP contribution in [0.4, 0.5) is 8.78 Å². The largest absolute Gasteiger partial charge is 0.385 e. The van der Waals surface area contributed by atoms with Crippen LogP contribution in [-0.2, 0) is 24.0 Å². The molecule has 0 radical (unpaired) electrons. The van der Waals surface area contributed by atoms with Crippen LogP contribution in [0.3, 0.4) is 0 Å². The van der Waals surface area contributed by atoms with E-state index >= 15 is 0 Å². The van der Waals surface area contributed by atoms with Gasteiger partial charge in [0.2, 0.25) is 0 Å². The van der Waals surface area contributed by atoms with Crippen molar-refractivity contribution in [1.29, 1.82) is 0 Å². The minimum atomic E-state index is -0.350. The second-order valence-corrected chi connectivity index (χ2v) is 7.87. The Hall–Kier alpha value is -3.62. The third-order valence-corrected chi connectivity index (χ3v) is 5.39. The Morgan fingerprint density at radius 1 is 0.788 bits per heavy atom. The van der Waals surface area contributed by atoms with Gasteiger partial charge in [-0.25, -0.2) is 18.7 Å². The van der Waals surface area contributed by atoms with Gasteiger partial charge in [-0.15, -0.1) is 0 Å². The zero-order valence-electron chi connectivity index (χ0n) is 18.4. The summed E-state index contributed by atoms with van der Waals surface area (Å²) in [7, 11) is 1.69. The van der Waals surface area contributed by atoms with E-state index in [9.17, 15) is 8.78 Å². The Morgan fingerprint density at radius 2 is 1.58 bits per heavy atom. The molecule has 0 unspecified atom stereocenters. The second-order valence-electron chi connectivity index (χ2n) is 7.87. The van der Waals surface area contributed by atoms with E-state index in [4.69, 9.17) is 4.74 Å². The van der Waals surface area contributed by atoms with Gasteiger partial charge in [-0.3, -0.25) is 0 Å². The first-order valence-corrected chi connectivity index (χ1v) is 10.9. The molecular formula is C28H24F2N2O. The highest BCUT2D eigenvalue weighted by molar-refractivity contribution is 5.84. The van der Waals surface area contributed by atoms with Crippen molar-refractivity contribution in [2.24, 2.45) is 0 Å². The number of hydrogen-bond acceptors (Lipinski definition) is 3. The summed E-state index contributed by atoms with van der Waals surface area (Å²) in [6.45, 7) is 0.719. The molecule has 1 heterocycles. The summed E-state index contributed by atoms with van der Waals surface area (Å²) < 4.78 is 33.0. The number of rotatable bonds is 7. The minimum Gasteiger partial charge on any atom is -0.385 e. The number of fused-ring (bicyclic) bond motifs is 1. The molecule has 0 aliphatic heterocycles. The summed E-state index contributed by atoms with van der Waals surface area (Å²) in [4.78, 5) is 8.83. The van der Waals surface area contributed by atoms with Crippen molar-refractivity contribution in [3.8, 4) is 11.8 Å². The molecule has 4 rings (SSSR count). The maximum atomic E-state index is 14.6. The van der Waals surface area contributed by atoms with Crippen LogP contribution in [-0.4, -0.2) is 23.7 Å². The summed E-state index contributed by atoms with van der Waals surface area (Å²) >= 11 is 0. The highest BCUT2D eigenvalue weighted by atomic mass is 19.1. The average Bonchev–Trinajstić information content (AvgIpc) is 2.83. The fourth-order valence-electron chi connectivity index (χ4n) is 3.57. The van der Waals surface area contributed by atoms with Gasteiger partial charge in [-0.1, -0.05) is 30.0 Å². The molecule has 0 N–H and O–H groups in total. The van der Waals surface area contributed by atoms with Crippen LogP contribution in [0.15, 0.2) is 67.0 Å². The highest BCUT2D eigenvalue weighted by Gasteiger charge is 2.05. The Balaban J connectivity index is 1.38. The normalized spacial score (nSPS) is 10.8. The lowest BCUT2D eigenvalue weighted by Crippen LogP contribution is -2.01. The summed E-state index contributed by atoms with van der Waals surface area (Å²) in [5, 5.41) is 1.70. The summed E-state index contributed by atoms with van der Waals surface area (Å²) in [6.07, 6.45) is 6.81. The van der Waals surface area contributed by atoms with E-state index in [-0.39, 0.29) is 11.6 Å². The lowest BCUT2D eigenvalue weighted by atomic mass is 10.0. The smallest absolute Gasteiger partial charge is 0.139 e. The van der Waals surface area contributed by atoms with Crippen LogP contribution in [0, 0.1) is 23.5 Å². The number of methoxy groups -OCH3 is 1. The summed E-state index contributed by atoms with van der Waals surface area (Å²) in [5.74, 6) is 6.02. The molecule has 0 fully saturated rings. The topological polar surface area (TPSA) is 35.0 Å². The average molecular weight is 443 g/mol. The van der Waals surface area contributed by atoms with Crippen LogP contribution in [0.25, 0.3) is 10.8 Å². The Morgan fingerprint density at radius 3 is 2.36 bits per heavy atom. The monoisotopic (exact) mass is 442 g/mol. The molecular weight excluding hydrogens is 418 g/mol. The zero-order valence-corrected chi connectivity index (χ0v) is 18.4. The Kier molecular flexibility index (Phi) is 7.39. The van der Waals surface area contributed by atoms with Gasteiger partial charge in [-0.05, 0) is 77.6 Å². The Bertz CT molecular complexity index is 1310. The third kappa shape index (κ3) is 6.21. The maximum Gasteiger partial charge on any atom is 0.139 e. The third-order valence-electron chi connectivity index (χ3n) is 5.39. The summed E-state index contributed by atoms with van der Waals surface area (Å²) in [5.41, 5.74) is 3.05. The first kappa shape index (κ1) is 22.6. The van der Waals surface area contributed by atoms with Crippen molar-refractivity contribution in [2.75, 3.05) is 13.7 Å². The van der Waals surface area contributed by atoms with Gasteiger partial charge >= 0.3 is 0 Å². The number of nitrogens with zero attached hydrogens (tertiary/aromatic N) is 2. The van der Waals surface area contributed by atoms with Crippen LogP contribution >= 0.6 is 0 Å². The second kappa shape index (κ2) is 10.8. The number of halogens is 2. The van der Waals surface area contributed by atoms with E-state index in [0.29, 0.717) is 18.4 Å². The van der Waals surface area contributed by atoms with Gasteiger partial charge in [0.05, 0.1) is 5.56 Å². The fourth-order valence-corrected chi connectivity index (χ4v) is 3.57. The molecule has 5 heteroatoms. The van der Waals surface area contributed by atoms with Crippen molar-refractivity contribution < 1.29 is 13.5 Å². The predicted molar refractivity (Wildman–Crippen MR) is 126 cm³/mol. The van der Waals surface area contributed by atoms with Gasteiger partial charge in [-0.2, -0.15) is 0 Å². The molecule has 166 valence electrons. The van der Waals surface area contributed by atoms with E-state index in [2.05, 4.69) is 21.8 Å². The quantitative estimate of drug-likeness (QED) is 0.273. The molecule has 0 saturated carbocycles. The predicted octanol–water partition coefficient (Wildman–Crippen LogP) is 5.67. The first-order valence-electron chi connectivity index (χ1n) is 10.9. The number of aromatic nitrogens is 2. The molecule has 0 aliphatic carbocycles. The number of ether oxygens (including phenoxy) is 1. The van der Waals surface area contributed by atoms with Crippen LogP contribution in [0.2, 0.25) is 0 Å². The number of benzene rings is 3. The van der Waals surface area contributed by atoms with Gasteiger partial charge in [0, 0.05) is 38.1 Å². The molecule has 0 atom stereocenters. The standard InChI is InChI=1S/C28H24F2N2O/c1-33-14-2-3-22-18-31-28(32-19-22)13-7-21-5-9-23(27(30)16-21)8-4-20-6-10-25-17-26(29)12-11-24(25)15-20/h5-6,9-12,15-19H,2-3,7,13-14H2,1H3. The molecule has 3 nitrogen and oxygen atoms in total. The van der Waals surface area contributed by atoms with Crippen molar-refractivity contribution in [3.63, 3.8) is 0 Å². The maximum absolute atomic E-state index is 14.6. The highest BCUT2D eigenvalue weighted by Crippen LogP contribution is 2.17. The molecule has 3 aromatic carbocycles. The van der Waals surface area contributed by atoms with Crippen molar-refractivity contribution in [1.82, 2.24) is 9.97 Å². The van der Waals surface area contributed by atoms with E-state index in [1.165, 1.54) is 18.2 Å². The number of hydrogen-bond donors (Lipinski definition) is 0. The SMILES string of the molecule is COCCCc1cnc(CCc2ccc(C#Cc3ccc4cc(F)ccc4c3)c(F)c2)nc1. The zero-order chi connectivity index (χ0) is 23.0. The molecule has 0 spiro atoms. The Labute approximate surface area is 192 Å². The lowest BCUT2D eigenvalue weighted by molar-refractivity contribution is 0.195. The van der Waals surface area contributed by atoms with Crippen LogP contribution in [0.5, 0.6) is 0 Å². The molecule has 33 heavy (non-hydrogen) atoms. The van der Waals surface area contributed by atoms with Crippen molar-refractivity contribution in [3.05, 3.63) is 107 Å². The minimum absolute atomic E-state index is 0.273. The van der Waals surface area contributed by atoms with E-state index < -0.39 is 0 Å². The van der Waals surface area contributed by atoms with Crippen LogP contribution < -0.4 is 0 Å². The molecule has 0 bridgehead atoms. The van der Waals surface area contributed by atoms with Crippen LogP contribution in [0.1, 0.15) is 34.5 Å². The molecule has 4 aromatic rings. The molecule has 1 aromatic heterocycles. The van der Waals surface area contributed by atoms with Crippen molar-refractivity contribution in [2.45, 2.75) is 25.7 Å². The molecule has 0 amide bonds. The van der Waals surface area contributed by atoms with E-state index in [1.54, 1.807) is 19.2 Å². The fraction of sp³-hybridized carbons (Fsp3) is 0.214. The molecule has 0 aliphatic rings. The van der Waals surface area contributed by atoms with Gasteiger partial charge < -0.3 is 4.74 Å². The lowest BCUT2D eigenvalue weighted by Gasteiger charge is -2.04.